The first-order chi connectivity index (χ1) is 31.4. The molecule has 0 saturated carbocycles. The molecule has 10 aromatic rings. The maximum atomic E-state index is 2.55. The summed E-state index contributed by atoms with van der Waals surface area (Å²) in [7, 11) is 0. The highest BCUT2D eigenvalue weighted by molar-refractivity contribution is 6.09. The predicted octanol–water partition coefficient (Wildman–Crippen LogP) is 17.0. The van der Waals surface area contributed by atoms with Crippen molar-refractivity contribution in [2.45, 2.75) is 31.6 Å². The van der Waals surface area contributed by atoms with Gasteiger partial charge in [-0.15, -0.1) is 0 Å². The van der Waals surface area contributed by atoms with Crippen LogP contribution in [0.3, 0.4) is 0 Å². The maximum absolute atomic E-state index is 2.55. The lowest BCUT2D eigenvalue weighted by atomic mass is 9.74. The summed E-state index contributed by atoms with van der Waals surface area (Å²) >= 11 is 0. The summed E-state index contributed by atoms with van der Waals surface area (Å²) in [5.41, 5.74) is 22.0. The molecule has 0 N–H and O–H groups in total. The van der Waals surface area contributed by atoms with Crippen LogP contribution >= 0.6 is 0 Å². The van der Waals surface area contributed by atoms with Gasteiger partial charge in [-0.2, -0.15) is 0 Å². The zero-order chi connectivity index (χ0) is 43.0. The largest absolute Gasteiger partial charge is 0.309 e. The Hall–Kier alpha value is -7.74. The fraction of sp³-hybridized carbons (Fsp3) is 0.0794. The second kappa shape index (κ2) is 14.7. The second-order valence-corrected chi connectivity index (χ2v) is 18.1. The molecule has 0 heterocycles. The summed E-state index contributed by atoms with van der Waals surface area (Å²) in [5.74, 6) is 0. The van der Waals surface area contributed by atoms with E-state index in [2.05, 4.69) is 256 Å². The van der Waals surface area contributed by atoms with Crippen molar-refractivity contribution >= 4 is 27.8 Å². The average molecular weight is 818 g/mol. The highest BCUT2D eigenvalue weighted by Gasteiger charge is 2.42. The third-order valence-corrected chi connectivity index (χ3v) is 14.3. The Labute approximate surface area is 376 Å². The third-order valence-electron chi connectivity index (χ3n) is 14.3. The first-order valence-electron chi connectivity index (χ1n) is 22.5. The molecule has 64 heavy (non-hydrogen) atoms. The van der Waals surface area contributed by atoms with Crippen LogP contribution < -0.4 is 4.90 Å². The van der Waals surface area contributed by atoms with Crippen molar-refractivity contribution in [1.29, 1.82) is 0 Å². The van der Waals surface area contributed by atoms with Gasteiger partial charge in [0.25, 0.3) is 0 Å². The van der Waals surface area contributed by atoms with Crippen LogP contribution in [0.4, 0.5) is 17.1 Å². The summed E-state index contributed by atoms with van der Waals surface area (Å²) in [6, 6.07) is 85.6. The smallest absolute Gasteiger partial charge is 0.0540 e. The minimum absolute atomic E-state index is 0.188. The molecular weight excluding hydrogens is 771 g/mol. The number of hydrogen-bond donors (Lipinski definition) is 0. The molecule has 0 amide bonds. The molecule has 0 bridgehead atoms. The monoisotopic (exact) mass is 817 g/mol. The number of benzene rings is 10. The molecule has 2 aliphatic carbocycles. The van der Waals surface area contributed by atoms with Crippen molar-refractivity contribution in [3.05, 3.63) is 258 Å². The van der Waals surface area contributed by atoms with E-state index in [0.717, 1.165) is 17.1 Å². The van der Waals surface area contributed by atoms with Crippen molar-refractivity contribution in [2.24, 2.45) is 0 Å². The van der Waals surface area contributed by atoms with Gasteiger partial charge in [0.2, 0.25) is 0 Å². The van der Waals surface area contributed by atoms with Crippen molar-refractivity contribution in [3.8, 4) is 55.6 Å². The molecule has 0 aliphatic heterocycles. The van der Waals surface area contributed by atoms with Gasteiger partial charge in [-0.25, -0.2) is 0 Å². The van der Waals surface area contributed by atoms with Gasteiger partial charge in [-0.1, -0.05) is 220 Å². The molecule has 12 rings (SSSR count). The van der Waals surface area contributed by atoms with Crippen LogP contribution in [0.5, 0.6) is 0 Å². The SMILES string of the molecule is CC1(C)c2ccccc2-c2cccc(-c3ccccc3N(c3ccc4c(c3)C(C)(c3ccccc3)c3ccccc3-4)c3ccccc3-c3cccc4cccc(-c5ccccc5)c34)c21. The summed E-state index contributed by atoms with van der Waals surface area (Å²) in [5, 5.41) is 2.47. The van der Waals surface area contributed by atoms with Crippen LogP contribution in [0, 0.1) is 0 Å². The zero-order valence-corrected chi connectivity index (χ0v) is 36.4. The Morgan fingerprint density at radius 1 is 0.328 bits per heavy atom. The minimum atomic E-state index is -0.357. The number of rotatable bonds is 7. The molecule has 1 unspecified atom stereocenters. The molecule has 0 fully saturated rings. The molecule has 1 atom stereocenters. The normalized spacial score (nSPS) is 15.3. The van der Waals surface area contributed by atoms with Crippen LogP contribution in [-0.2, 0) is 10.8 Å². The van der Waals surface area contributed by atoms with E-state index in [0.29, 0.717) is 0 Å². The van der Waals surface area contributed by atoms with E-state index < -0.39 is 0 Å². The van der Waals surface area contributed by atoms with Gasteiger partial charge in [-0.05, 0) is 114 Å². The molecule has 1 heteroatoms. The Bertz CT molecular complexity index is 3430. The minimum Gasteiger partial charge on any atom is -0.309 e. The zero-order valence-electron chi connectivity index (χ0n) is 36.4. The molecule has 304 valence electrons. The van der Waals surface area contributed by atoms with E-state index >= 15 is 0 Å². The van der Waals surface area contributed by atoms with Gasteiger partial charge in [0, 0.05) is 27.6 Å². The van der Waals surface area contributed by atoms with Gasteiger partial charge < -0.3 is 4.90 Å². The van der Waals surface area contributed by atoms with Gasteiger partial charge in [0.1, 0.15) is 0 Å². The molecule has 0 radical (unpaired) electrons. The van der Waals surface area contributed by atoms with Crippen LogP contribution in [0.2, 0.25) is 0 Å². The van der Waals surface area contributed by atoms with Gasteiger partial charge in [0.15, 0.2) is 0 Å². The quantitative estimate of drug-likeness (QED) is 0.155. The molecule has 0 aromatic heterocycles. The summed E-state index contributed by atoms with van der Waals surface area (Å²) in [6.45, 7) is 7.20. The molecule has 1 nitrogen and oxygen atoms in total. The second-order valence-electron chi connectivity index (χ2n) is 18.1. The highest BCUT2D eigenvalue weighted by Crippen LogP contribution is 2.57. The first kappa shape index (κ1) is 38.0. The van der Waals surface area contributed by atoms with Crippen LogP contribution in [0.25, 0.3) is 66.4 Å². The Kier molecular flexibility index (Phi) is 8.71. The number of para-hydroxylation sites is 2. The first-order valence-corrected chi connectivity index (χ1v) is 22.5. The van der Waals surface area contributed by atoms with E-state index in [1.165, 1.54) is 94.2 Å². The van der Waals surface area contributed by atoms with E-state index in [-0.39, 0.29) is 10.8 Å². The topological polar surface area (TPSA) is 3.24 Å². The number of nitrogens with zero attached hydrogens (tertiary/aromatic N) is 1. The van der Waals surface area contributed by atoms with Crippen LogP contribution in [0.1, 0.15) is 48.6 Å². The Morgan fingerprint density at radius 2 is 0.797 bits per heavy atom. The van der Waals surface area contributed by atoms with Crippen molar-refractivity contribution in [2.75, 3.05) is 4.90 Å². The summed E-state index contributed by atoms with van der Waals surface area (Å²) in [6.07, 6.45) is 0. The Morgan fingerprint density at radius 3 is 1.48 bits per heavy atom. The fourth-order valence-electron chi connectivity index (χ4n) is 11.4. The van der Waals surface area contributed by atoms with E-state index in [1.54, 1.807) is 0 Å². The van der Waals surface area contributed by atoms with Crippen molar-refractivity contribution < 1.29 is 0 Å². The Balaban J connectivity index is 1.15. The van der Waals surface area contributed by atoms with Crippen LogP contribution in [0.15, 0.2) is 231 Å². The molecule has 10 aromatic carbocycles. The standard InChI is InChI=1S/C63H47N/c1-62(2)55-35-14-10-28-48(55)53-33-20-34-54(61(53)62)51-30-13-17-38-59(51)64(45-39-40-49-47-27-11-15-36-56(47)63(3,57(49)41-45)44-25-8-5-9-26-44)58-37-16-12-29-50(58)52-32-19-24-43-23-18-31-46(60(43)52)42-21-6-4-7-22-42/h4-41H,1-3H3. The lowest BCUT2D eigenvalue weighted by Gasteiger charge is -2.33. The summed E-state index contributed by atoms with van der Waals surface area (Å²) < 4.78 is 0. The predicted molar refractivity (Wildman–Crippen MR) is 270 cm³/mol. The van der Waals surface area contributed by atoms with Crippen molar-refractivity contribution in [3.63, 3.8) is 0 Å². The van der Waals surface area contributed by atoms with Gasteiger partial charge in [0.05, 0.1) is 11.4 Å². The van der Waals surface area contributed by atoms with Gasteiger partial charge in [-0.3, -0.25) is 0 Å². The number of fused-ring (bicyclic) bond motifs is 7. The molecule has 0 spiro atoms. The van der Waals surface area contributed by atoms with Gasteiger partial charge >= 0.3 is 0 Å². The molecule has 2 aliphatic rings. The lowest BCUT2D eigenvalue weighted by molar-refractivity contribution is 0.662. The maximum Gasteiger partial charge on any atom is 0.0540 e. The third kappa shape index (κ3) is 5.64. The molecule has 0 saturated heterocycles. The molecular formula is C63H47N. The summed E-state index contributed by atoms with van der Waals surface area (Å²) in [4.78, 5) is 2.55. The number of anilines is 3. The fourth-order valence-corrected chi connectivity index (χ4v) is 11.4. The lowest BCUT2D eigenvalue weighted by Crippen LogP contribution is -2.23. The average Bonchev–Trinajstić information content (AvgIpc) is 3.76. The van der Waals surface area contributed by atoms with E-state index in [9.17, 15) is 0 Å². The van der Waals surface area contributed by atoms with E-state index in [4.69, 9.17) is 0 Å². The van der Waals surface area contributed by atoms with Crippen molar-refractivity contribution in [1.82, 2.24) is 0 Å². The number of hydrogen-bond acceptors (Lipinski definition) is 1. The highest BCUT2D eigenvalue weighted by atomic mass is 15.1. The van der Waals surface area contributed by atoms with Crippen LogP contribution in [-0.4, -0.2) is 0 Å². The van der Waals surface area contributed by atoms with E-state index in [1.807, 2.05) is 0 Å².